The van der Waals surface area contributed by atoms with Crippen molar-refractivity contribution in [3.63, 3.8) is 0 Å². The lowest BCUT2D eigenvalue weighted by Gasteiger charge is -2.30. The van der Waals surface area contributed by atoms with Crippen molar-refractivity contribution < 1.29 is 19.4 Å². The van der Waals surface area contributed by atoms with Crippen LogP contribution < -0.4 is 10.1 Å². The first kappa shape index (κ1) is 18.4. The van der Waals surface area contributed by atoms with Crippen LogP contribution in [-0.2, 0) is 15.1 Å². The van der Waals surface area contributed by atoms with E-state index in [1.807, 2.05) is 6.26 Å². The van der Waals surface area contributed by atoms with Gasteiger partial charge in [-0.25, -0.2) is 0 Å². The Morgan fingerprint density at radius 2 is 2.14 bits per heavy atom. The number of carbonyl (C=O) groups excluding carboxylic acids is 1. The second kappa shape index (κ2) is 8.68. The van der Waals surface area contributed by atoms with E-state index in [4.69, 9.17) is 4.74 Å². The normalized spacial score (nSPS) is 13.2. The summed E-state index contributed by atoms with van der Waals surface area (Å²) in [5.41, 5.74) is -0.246. The molecule has 0 aliphatic carbocycles. The van der Waals surface area contributed by atoms with E-state index in [1.165, 1.54) is 0 Å². The molecule has 0 spiro atoms. The van der Waals surface area contributed by atoms with Gasteiger partial charge in [0.2, 0.25) is 5.91 Å². The van der Waals surface area contributed by atoms with Crippen LogP contribution in [0.2, 0.25) is 0 Å². The zero-order valence-corrected chi connectivity index (χ0v) is 14.0. The molecule has 122 valence electrons. The number of amides is 1. The predicted octanol–water partition coefficient (Wildman–Crippen LogP) is 2.64. The second-order valence-corrected chi connectivity index (χ2v) is 6.26. The number of methoxy groups -OCH3 is 1. The Balaban J connectivity index is 2.93. The van der Waals surface area contributed by atoms with Crippen molar-refractivity contribution in [2.24, 2.45) is 0 Å². The topological polar surface area (TPSA) is 75.6 Å². The number of rotatable bonds is 9. The van der Waals surface area contributed by atoms with Crippen molar-refractivity contribution in [2.45, 2.75) is 31.7 Å². The third-order valence-electron chi connectivity index (χ3n) is 3.38. The highest BCUT2D eigenvalue weighted by Gasteiger charge is 2.31. The van der Waals surface area contributed by atoms with Crippen LogP contribution in [-0.4, -0.2) is 36.1 Å². The summed E-state index contributed by atoms with van der Waals surface area (Å²) in [7, 11) is 1.55. The second-order valence-electron chi connectivity index (χ2n) is 5.28. The molecule has 6 heteroatoms. The zero-order valence-electron chi connectivity index (χ0n) is 13.2. The minimum atomic E-state index is -0.963. The summed E-state index contributed by atoms with van der Waals surface area (Å²) in [4.78, 5) is 23.3. The molecule has 0 radical (unpaired) electrons. The van der Waals surface area contributed by atoms with Gasteiger partial charge < -0.3 is 15.2 Å². The summed E-state index contributed by atoms with van der Waals surface area (Å²) >= 11 is 1.68. The molecule has 1 aromatic rings. The molecule has 0 aliphatic rings. The van der Waals surface area contributed by atoms with Crippen molar-refractivity contribution in [2.75, 3.05) is 19.1 Å². The van der Waals surface area contributed by atoms with Crippen molar-refractivity contribution in [1.82, 2.24) is 5.32 Å². The fraction of sp³-hybridized carbons (Fsp3) is 0.500. The van der Waals surface area contributed by atoms with Crippen molar-refractivity contribution in [3.8, 4) is 5.75 Å². The van der Waals surface area contributed by atoms with E-state index >= 15 is 0 Å². The molecule has 0 aliphatic heterocycles. The highest BCUT2D eigenvalue weighted by molar-refractivity contribution is 7.98. The van der Waals surface area contributed by atoms with Gasteiger partial charge in [0.15, 0.2) is 0 Å². The minimum absolute atomic E-state index is 0.138. The smallest absolute Gasteiger partial charge is 0.306 e. The first-order valence-electron chi connectivity index (χ1n) is 7.07. The molecular weight excluding hydrogens is 302 g/mol. The maximum absolute atomic E-state index is 12.1. The molecular formula is C16H23NO4S. The lowest BCUT2D eigenvalue weighted by Crippen LogP contribution is -2.45. The number of carboxylic acids is 1. The Hall–Kier alpha value is -1.69. The summed E-state index contributed by atoms with van der Waals surface area (Å²) < 4.78 is 5.18. The lowest BCUT2D eigenvalue weighted by atomic mass is 9.88. The molecule has 1 rings (SSSR count). The molecule has 0 fully saturated rings. The van der Waals surface area contributed by atoms with Gasteiger partial charge in [0.25, 0.3) is 0 Å². The van der Waals surface area contributed by atoms with E-state index in [-0.39, 0.29) is 12.3 Å². The Morgan fingerprint density at radius 3 is 2.73 bits per heavy atom. The number of hydrogen-bond donors (Lipinski definition) is 2. The van der Waals surface area contributed by atoms with Crippen LogP contribution in [0.1, 0.15) is 31.7 Å². The molecule has 1 aromatic carbocycles. The summed E-state index contributed by atoms with van der Waals surface area (Å²) in [5, 5.41) is 12.0. The number of thioether (sulfide) groups is 1. The Morgan fingerprint density at radius 1 is 1.41 bits per heavy atom. The van der Waals surface area contributed by atoms with Crippen LogP contribution in [0.15, 0.2) is 24.3 Å². The fourth-order valence-electron chi connectivity index (χ4n) is 2.23. The van der Waals surface area contributed by atoms with Gasteiger partial charge in [0, 0.05) is 6.42 Å². The van der Waals surface area contributed by atoms with E-state index in [9.17, 15) is 14.7 Å². The average molecular weight is 325 g/mol. The summed E-state index contributed by atoms with van der Waals surface area (Å²) in [6, 6.07) is 7.12. The average Bonchev–Trinajstić information content (AvgIpc) is 2.46. The van der Waals surface area contributed by atoms with E-state index < -0.39 is 11.5 Å². The molecule has 1 atom stereocenters. The summed E-state index contributed by atoms with van der Waals surface area (Å²) in [6.07, 6.45) is 2.96. The first-order valence-corrected chi connectivity index (χ1v) is 8.47. The molecule has 0 saturated heterocycles. The standard InChI is InChI=1S/C16H23NO4S/c1-16(11-15(19)20,17-14(18)8-5-9-22-3)12-6-4-7-13(10-12)21-2/h4,6-7,10H,5,8-9,11H2,1-3H3,(H,17,18)(H,19,20). The van der Waals surface area contributed by atoms with Crippen molar-refractivity contribution in [3.05, 3.63) is 29.8 Å². The highest BCUT2D eigenvalue weighted by Crippen LogP contribution is 2.28. The van der Waals surface area contributed by atoms with Crippen LogP contribution >= 0.6 is 11.8 Å². The van der Waals surface area contributed by atoms with Gasteiger partial charge in [-0.3, -0.25) is 9.59 Å². The zero-order chi connectivity index (χ0) is 16.6. The highest BCUT2D eigenvalue weighted by atomic mass is 32.2. The van der Waals surface area contributed by atoms with E-state index in [0.29, 0.717) is 17.7 Å². The van der Waals surface area contributed by atoms with Crippen LogP contribution in [0.4, 0.5) is 0 Å². The van der Waals surface area contributed by atoms with Crippen molar-refractivity contribution in [1.29, 1.82) is 0 Å². The van der Waals surface area contributed by atoms with Gasteiger partial charge >= 0.3 is 5.97 Å². The van der Waals surface area contributed by atoms with Gasteiger partial charge in [-0.2, -0.15) is 11.8 Å². The quantitative estimate of drug-likeness (QED) is 0.683. The molecule has 5 nitrogen and oxygen atoms in total. The van der Waals surface area contributed by atoms with Gasteiger partial charge in [-0.05, 0) is 43.0 Å². The number of benzene rings is 1. The van der Waals surface area contributed by atoms with Crippen LogP contribution in [0, 0.1) is 0 Å². The number of carboxylic acid groups (broad SMARTS) is 1. The number of ether oxygens (including phenoxy) is 1. The lowest BCUT2D eigenvalue weighted by molar-refractivity contribution is -0.139. The first-order chi connectivity index (χ1) is 10.4. The maximum Gasteiger partial charge on any atom is 0.306 e. The third-order valence-corrected chi connectivity index (χ3v) is 4.08. The van der Waals surface area contributed by atoms with E-state index in [0.717, 1.165) is 12.2 Å². The fourth-order valence-corrected chi connectivity index (χ4v) is 2.67. The molecule has 1 unspecified atom stereocenters. The number of aliphatic carboxylic acids is 1. The van der Waals surface area contributed by atoms with Crippen LogP contribution in [0.25, 0.3) is 0 Å². The number of nitrogens with one attached hydrogen (secondary N) is 1. The van der Waals surface area contributed by atoms with Crippen molar-refractivity contribution >= 4 is 23.6 Å². The SMILES string of the molecule is COc1cccc(C(C)(CC(=O)O)NC(=O)CCCSC)c1. The van der Waals surface area contributed by atoms with Gasteiger partial charge in [0.1, 0.15) is 5.75 Å². The largest absolute Gasteiger partial charge is 0.497 e. The van der Waals surface area contributed by atoms with Gasteiger partial charge in [-0.15, -0.1) is 0 Å². The number of hydrogen-bond acceptors (Lipinski definition) is 4. The summed E-state index contributed by atoms with van der Waals surface area (Å²) in [6.45, 7) is 1.72. The number of carbonyl (C=O) groups is 2. The molecule has 0 aromatic heterocycles. The van der Waals surface area contributed by atoms with E-state index in [1.54, 1.807) is 50.1 Å². The van der Waals surface area contributed by atoms with Gasteiger partial charge in [-0.1, -0.05) is 12.1 Å². The third kappa shape index (κ3) is 5.60. The molecule has 2 N–H and O–H groups in total. The monoisotopic (exact) mass is 325 g/mol. The molecule has 22 heavy (non-hydrogen) atoms. The molecule has 0 saturated carbocycles. The Kier molecular flexibility index (Phi) is 7.24. The van der Waals surface area contributed by atoms with Crippen LogP contribution in [0.3, 0.4) is 0 Å². The molecule has 0 bridgehead atoms. The molecule has 0 heterocycles. The van der Waals surface area contributed by atoms with E-state index in [2.05, 4.69) is 5.32 Å². The van der Waals surface area contributed by atoms with Gasteiger partial charge in [0.05, 0.1) is 19.1 Å². The predicted molar refractivity (Wildman–Crippen MR) is 88.4 cm³/mol. The summed E-state index contributed by atoms with van der Waals surface area (Å²) in [5.74, 6) is 0.434. The Labute approximate surface area is 135 Å². The molecule has 1 amide bonds. The minimum Gasteiger partial charge on any atom is -0.497 e. The van der Waals surface area contributed by atoms with Crippen LogP contribution in [0.5, 0.6) is 5.75 Å². The Bertz CT molecular complexity index is 521. The maximum atomic E-state index is 12.1.